The summed E-state index contributed by atoms with van der Waals surface area (Å²) >= 11 is 6.47. The van der Waals surface area contributed by atoms with Crippen molar-refractivity contribution in [2.75, 3.05) is 39.5 Å². The van der Waals surface area contributed by atoms with Gasteiger partial charge in [0.25, 0.3) is 0 Å². The van der Waals surface area contributed by atoms with Gasteiger partial charge < -0.3 is 19.3 Å². The van der Waals surface area contributed by atoms with E-state index in [0.717, 1.165) is 45.7 Å². The molecule has 6 nitrogen and oxygen atoms in total. The van der Waals surface area contributed by atoms with E-state index in [1.807, 2.05) is 0 Å². The van der Waals surface area contributed by atoms with Crippen LogP contribution in [0.1, 0.15) is 12.8 Å². The van der Waals surface area contributed by atoms with Gasteiger partial charge in [0.1, 0.15) is 34.7 Å². The van der Waals surface area contributed by atoms with Crippen molar-refractivity contribution in [2.45, 2.75) is 18.9 Å². The molecule has 0 unspecified atom stereocenters. The summed E-state index contributed by atoms with van der Waals surface area (Å²) in [4.78, 5) is 6.75. The number of ether oxygens (including phenoxy) is 3. The molecular weight excluding hydrogens is 344 g/mol. The van der Waals surface area contributed by atoms with Gasteiger partial charge in [-0.1, -0.05) is 11.6 Å². The molecule has 1 aromatic heterocycles. The summed E-state index contributed by atoms with van der Waals surface area (Å²) in [6, 6.07) is 5.08. The summed E-state index contributed by atoms with van der Waals surface area (Å²) in [6.07, 6.45) is 2.26. The van der Waals surface area contributed by atoms with Crippen molar-refractivity contribution in [1.29, 1.82) is 0 Å². The minimum atomic E-state index is 0.113. The summed E-state index contributed by atoms with van der Waals surface area (Å²) in [5.41, 5.74) is 0.501. The molecule has 2 heterocycles. The number of pyridine rings is 1. The van der Waals surface area contributed by atoms with Crippen LogP contribution in [0.5, 0.6) is 17.4 Å². The Morgan fingerprint density at radius 2 is 2.08 bits per heavy atom. The fourth-order valence-electron chi connectivity index (χ4n) is 2.84. The molecular formula is C18H21ClN2O4. The average Bonchev–Trinajstić information content (AvgIpc) is 3.42. The maximum atomic E-state index is 10.2. The van der Waals surface area contributed by atoms with Crippen molar-refractivity contribution in [1.82, 2.24) is 9.88 Å². The normalized spacial score (nSPS) is 18.4. The molecule has 0 amide bonds. The van der Waals surface area contributed by atoms with Gasteiger partial charge >= 0.3 is 0 Å². The molecule has 1 saturated heterocycles. The van der Waals surface area contributed by atoms with E-state index in [0.29, 0.717) is 34.2 Å². The lowest BCUT2D eigenvalue weighted by Gasteiger charge is -2.26. The Balaban J connectivity index is 1.49. The van der Waals surface area contributed by atoms with Gasteiger partial charge in [-0.3, -0.25) is 4.90 Å². The first-order chi connectivity index (χ1) is 12.2. The van der Waals surface area contributed by atoms with Crippen LogP contribution in [0.3, 0.4) is 0 Å². The Kier molecular flexibility index (Phi) is 4.83. The number of aromatic hydroxyl groups is 1. The summed E-state index contributed by atoms with van der Waals surface area (Å²) < 4.78 is 16.9. The van der Waals surface area contributed by atoms with Gasteiger partial charge in [-0.25, -0.2) is 4.98 Å². The number of morpholine rings is 1. The van der Waals surface area contributed by atoms with Crippen LogP contribution in [-0.4, -0.2) is 60.5 Å². The second-order valence-corrected chi connectivity index (χ2v) is 6.75. The van der Waals surface area contributed by atoms with E-state index in [1.54, 1.807) is 12.1 Å². The molecule has 2 aliphatic rings. The first kappa shape index (κ1) is 16.7. The van der Waals surface area contributed by atoms with Gasteiger partial charge in [0.15, 0.2) is 0 Å². The molecule has 25 heavy (non-hydrogen) atoms. The second-order valence-electron chi connectivity index (χ2n) is 6.37. The second kappa shape index (κ2) is 7.23. The lowest BCUT2D eigenvalue weighted by molar-refractivity contribution is 0.0322. The summed E-state index contributed by atoms with van der Waals surface area (Å²) in [5, 5.41) is 11.2. The van der Waals surface area contributed by atoms with Crippen molar-refractivity contribution >= 4 is 22.5 Å². The third-order valence-electron chi connectivity index (χ3n) is 4.42. The predicted octanol–water partition coefficient (Wildman–Crippen LogP) is 2.85. The number of aromatic nitrogens is 1. The molecule has 0 atom stereocenters. The maximum absolute atomic E-state index is 10.2. The molecule has 2 aromatic rings. The summed E-state index contributed by atoms with van der Waals surface area (Å²) in [6.45, 7) is 4.74. The van der Waals surface area contributed by atoms with Crippen LogP contribution < -0.4 is 9.47 Å². The Morgan fingerprint density at radius 1 is 1.28 bits per heavy atom. The highest BCUT2D eigenvalue weighted by Crippen LogP contribution is 2.38. The zero-order chi connectivity index (χ0) is 17.2. The third-order valence-corrected chi connectivity index (χ3v) is 4.78. The highest BCUT2D eigenvalue weighted by molar-refractivity contribution is 6.36. The zero-order valence-corrected chi connectivity index (χ0v) is 14.7. The standard InChI is InChI=1S/C18H21ClN2O4/c19-17-15(24-10-7-21-5-8-23-9-6-21)4-3-13-14(22)11-16(20-18(13)17)25-12-1-2-12/h3-4,11-12H,1-2,5-10H2,(H,20,22). The van der Waals surface area contributed by atoms with E-state index in [1.165, 1.54) is 6.07 Å². The van der Waals surface area contributed by atoms with E-state index in [4.69, 9.17) is 25.8 Å². The van der Waals surface area contributed by atoms with Crippen molar-refractivity contribution < 1.29 is 19.3 Å². The predicted molar refractivity (Wildman–Crippen MR) is 94.8 cm³/mol. The van der Waals surface area contributed by atoms with Gasteiger partial charge in [0.05, 0.1) is 13.2 Å². The fourth-order valence-corrected chi connectivity index (χ4v) is 3.10. The Labute approximate surface area is 151 Å². The molecule has 1 saturated carbocycles. The van der Waals surface area contributed by atoms with Crippen LogP contribution in [0.2, 0.25) is 5.02 Å². The Hall–Kier alpha value is -1.76. The van der Waals surface area contributed by atoms with Crippen molar-refractivity contribution in [3.05, 3.63) is 23.2 Å². The van der Waals surface area contributed by atoms with Gasteiger partial charge in [0, 0.05) is 31.1 Å². The molecule has 2 fully saturated rings. The molecule has 1 N–H and O–H groups in total. The number of fused-ring (bicyclic) bond motifs is 1. The quantitative estimate of drug-likeness (QED) is 0.850. The lowest BCUT2D eigenvalue weighted by atomic mass is 10.2. The van der Waals surface area contributed by atoms with Gasteiger partial charge in [-0.15, -0.1) is 0 Å². The zero-order valence-electron chi connectivity index (χ0n) is 13.9. The van der Waals surface area contributed by atoms with E-state index >= 15 is 0 Å². The van der Waals surface area contributed by atoms with E-state index in [9.17, 15) is 5.11 Å². The molecule has 1 aliphatic heterocycles. The van der Waals surface area contributed by atoms with Crippen LogP contribution in [0.15, 0.2) is 18.2 Å². The van der Waals surface area contributed by atoms with Crippen molar-refractivity contribution in [2.24, 2.45) is 0 Å². The number of hydrogen-bond acceptors (Lipinski definition) is 6. The van der Waals surface area contributed by atoms with Crippen LogP contribution >= 0.6 is 11.6 Å². The highest BCUT2D eigenvalue weighted by Gasteiger charge is 2.25. The van der Waals surface area contributed by atoms with Crippen LogP contribution in [0.25, 0.3) is 10.9 Å². The van der Waals surface area contributed by atoms with Crippen LogP contribution in [0, 0.1) is 0 Å². The first-order valence-electron chi connectivity index (χ1n) is 8.62. The Morgan fingerprint density at radius 3 is 2.84 bits per heavy atom. The van der Waals surface area contributed by atoms with Gasteiger partial charge in [-0.05, 0) is 25.0 Å². The third kappa shape index (κ3) is 3.92. The molecule has 0 radical (unpaired) electrons. The van der Waals surface area contributed by atoms with Gasteiger partial charge in [0.2, 0.25) is 5.88 Å². The number of hydrogen-bond donors (Lipinski definition) is 1. The molecule has 4 rings (SSSR count). The lowest BCUT2D eigenvalue weighted by Crippen LogP contribution is -2.38. The molecule has 134 valence electrons. The summed E-state index contributed by atoms with van der Waals surface area (Å²) in [7, 11) is 0. The monoisotopic (exact) mass is 364 g/mol. The molecule has 0 bridgehead atoms. The van der Waals surface area contributed by atoms with Crippen LogP contribution in [-0.2, 0) is 4.74 Å². The number of rotatable bonds is 6. The fraction of sp³-hybridized carbons (Fsp3) is 0.500. The smallest absolute Gasteiger partial charge is 0.217 e. The molecule has 0 spiro atoms. The van der Waals surface area contributed by atoms with Crippen molar-refractivity contribution in [3.8, 4) is 17.4 Å². The number of nitrogens with zero attached hydrogens (tertiary/aromatic N) is 2. The highest BCUT2D eigenvalue weighted by atomic mass is 35.5. The van der Waals surface area contributed by atoms with E-state index in [2.05, 4.69) is 9.88 Å². The molecule has 1 aromatic carbocycles. The van der Waals surface area contributed by atoms with E-state index in [-0.39, 0.29) is 11.9 Å². The SMILES string of the molecule is Oc1cc(OC2CC2)nc2c(Cl)c(OCCN3CCOCC3)ccc12. The topological polar surface area (TPSA) is 64.0 Å². The molecule has 7 heteroatoms. The van der Waals surface area contributed by atoms with Gasteiger partial charge in [-0.2, -0.15) is 0 Å². The number of benzene rings is 1. The van der Waals surface area contributed by atoms with Crippen LogP contribution in [0.4, 0.5) is 0 Å². The first-order valence-corrected chi connectivity index (χ1v) is 9.00. The van der Waals surface area contributed by atoms with E-state index < -0.39 is 0 Å². The average molecular weight is 365 g/mol. The summed E-state index contributed by atoms with van der Waals surface area (Å²) in [5.74, 6) is 1.08. The largest absolute Gasteiger partial charge is 0.507 e. The number of halogens is 1. The minimum absolute atomic E-state index is 0.113. The molecule has 1 aliphatic carbocycles. The maximum Gasteiger partial charge on any atom is 0.217 e. The van der Waals surface area contributed by atoms with Crippen molar-refractivity contribution in [3.63, 3.8) is 0 Å². The Bertz CT molecular complexity index is 760. The minimum Gasteiger partial charge on any atom is -0.507 e.